The van der Waals surface area contributed by atoms with E-state index < -0.39 is 12.3 Å². The van der Waals surface area contributed by atoms with Crippen molar-refractivity contribution >= 4 is 17.5 Å². The predicted molar refractivity (Wildman–Crippen MR) is 92.7 cm³/mol. The molecule has 0 aliphatic rings. The highest BCUT2D eigenvalue weighted by Crippen LogP contribution is 2.21. The minimum absolute atomic E-state index is 0.0161. The van der Waals surface area contributed by atoms with Crippen molar-refractivity contribution in [2.24, 2.45) is 0 Å². The summed E-state index contributed by atoms with van der Waals surface area (Å²) in [7, 11) is 0. The number of aliphatic hydroxyl groups excluding tert-OH is 2. The average Bonchev–Trinajstić information content (AvgIpc) is 2.56. The molecule has 1 unspecified atom stereocenters. The zero-order chi connectivity index (χ0) is 17.5. The van der Waals surface area contributed by atoms with Crippen molar-refractivity contribution < 1.29 is 19.7 Å². The Hall–Kier alpha value is -2.57. The van der Waals surface area contributed by atoms with Gasteiger partial charge < -0.3 is 20.3 Å². The molecule has 4 N–H and O–H groups in total. The Kier molecular flexibility index (Phi) is 6.17. The smallest absolute Gasteiger partial charge is 0.411 e. The van der Waals surface area contributed by atoms with E-state index in [2.05, 4.69) is 10.6 Å². The van der Waals surface area contributed by atoms with Gasteiger partial charge in [-0.2, -0.15) is 0 Å². The molecule has 0 aromatic heterocycles. The van der Waals surface area contributed by atoms with Crippen LogP contribution in [0.15, 0.2) is 42.5 Å². The van der Waals surface area contributed by atoms with Crippen LogP contribution in [0.4, 0.5) is 16.2 Å². The van der Waals surface area contributed by atoms with E-state index in [0.29, 0.717) is 11.4 Å². The Morgan fingerprint density at radius 2 is 1.83 bits per heavy atom. The summed E-state index contributed by atoms with van der Waals surface area (Å²) in [6.45, 7) is 3.61. The molecule has 0 fully saturated rings. The number of hydrogen-bond acceptors (Lipinski definition) is 5. The number of carbonyl (C=O) groups excluding carboxylic acids is 1. The maximum atomic E-state index is 12.0. The van der Waals surface area contributed by atoms with Crippen molar-refractivity contribution in [3.8, 4) is 0 Å². The van der Waals surface area contributed by atoms with E-state index in [-0.39, 0.29) is 13.2 Å². The fourth-order valence-electron chi connectivity index (χ4n) is 2.12. The molecule has 0 heterocycles. The van der Waals surface area contributed by atoms with Crippen LogP contribution in [0.2, 0.25) is 0 Å². The fraction of sp³-hybridized carbons (Fsp3) is 0.278. The van der Waals surface area contributed by atoms with Gasteiger partial charge in [0, 0.05) is 11.4 Å². The number of anilines is 2. The van der Waals surface area contributed by atoms with E-state index in [1.165, 1.54) is 0 Å². The summed E-state index contributed by atoms with van der Waals surface area (Å²) in [5, 5.41) is 23.9. The molecule has 2 rings (SSSR count). The van der Waals surface area contributed by atoms with Crippen LogP contribution in [-0.4, -0.2) is 22.5 Å². The first-order valence-corrected chi connectivity index (χ1v) is 7.65. The summed E-state index contributed by atoms with van der Waals surface area (Å²) >= 11 is 0. The molecule has 6 nitrogen and oxygen atoms in total. The Labute approximate surface area is 141 Å². The minimum Gasteiger partial charge on any atom is -0.444 e. The predicted octanol–water partition coefficient (Wildman–Crippen LogP) is 2.99. The van der Waals surface area contributed by atoms with Gasteiger partial charge in [-0.15, -0.1) is 0 Å². The molecule has 0 saturated carbocycles. The molecule has 0 radical (unpaired) electrons. The molecular weight excluding hydrogens is 308 g/mol. The second-order valence-electron chi connectivity index (χ2n) is 5.53. The number of hydrogen-bond donors (Lipinski definition) is 4. The number of aliphatic hydroxyl groups is 2. The molecule has 0 bridgehead atoms. The number of nitrogens with one attached hydrogen (secondary N) is 2. The number of aryl methyl sites for hydroxylation is 1. The standard InChI is InChI=1S/C18H22N2O4/c1-12-3-8-16(19-13(2)22)9-17(12)20-18(23)24-11-15-6-4-14(10-21)5-7-15/h3-9,13,19,21-22H,10-11H2,1-2H3,(H,20,23). The first-order valence-electron chi connectivity index (χ1n) is 7.65. The van der Waals surface area contributed by atoms with Crippen LogP contribution in [0.25, 0.3) is 0 Å². The van der Waals surface area contributed by atoms with E-state index >= 15 is 0 Å². The van der Waals surface area contributed by atoms with E-state index in [4.69, 9.17) is 9.84 Å². The third-order valence-electron chi connectivity index (χ3n) is 3.43. The van der Waals surface area contributed by atoms with Gasteiger partial charge in [-0.3, -0.25) is 5.32 Å². The zero-order valence-electron chi connectivity index (χ0n) is 13.7. The second-order valence-corrected chi connectivity index (χ2v) is 5.53. The maximum Gasteiger partial charge on any atom is 0.411 e. The maximum absolute atomic E-state index is 12.0. The number of benzene rings is 2. The highest BCUT2D eigenvalue weighted by molar-refractivity contribution is 5.86. The Morgan fingerprint density at radius 1 is 1.17 bits per heavy atom. The summed E-state index contributed by atoms with van der Waals surface area (Å²) in [6.07, 6.45) is -1.24. The Balaban J connectivity index is 1.93. The second kappa shape index (κ2) is 8.33. The van der Waals surface area contributed by atoms with Crippen LogP contribution in [0, 0.1) is 6.92 Å². The molecule has 1 atom stereocenters. The highest BCUT2D eigenvalue weighted by Gasteiger charge is 2.08. The van der Waals surface area contributed by atoms with Crippen LogP contribution in [-0.2, 0) is 18.0 Å². The lowest BCUT2D eigenvalue weighted by molar-refractivity contribution is 0.155. The van der Waals surface area contributed by atoms with E-state index in [1.54, 1.807) is 37.3 Å². The highest BCUT2D eigenvalue weighted by atomic mass is 16.5. The van der Waals surface area contributed by atoms with E-state index in [0.717, 1.165) is 16.7 Å². The summed E-state index contributed by atoms with van der Waals surface area (Å²) in [5.74, 6) is 0. The van der Waals surface area contributed by atoms with Gasteiger partial charge in [0.25, 0.3) is 0 Å². The average molecular weight is 330 g/mol. The summed E-state index contributed by atoms with van der Waals surface area (Å²) in [5.41, 5.74) is 3.84. The first kappa shape index (κ1) is 17.8. The monoisotopic (exact) mass is 330 g/mol. The molecule has 2 aromatic carbocycles. The van der Waals surface area contributed by atoms with Crippen LogP contribution in [0.1, 0.15) is 23.6 Å². The van der Waals surface area contributed by atoms with Gasteiger partial charge in [-0.1, -0.05) is 30.3 Å². The lowest BCUT2D eigenvalue weighted by atomic mass is 10.1. The third kappa shape index (κ3) is 5.26. The van der Waals surface area contributed by atoms with Crippen LogP contribution in [0.5, 0.6) is 0 Å². The molecule has 128 valence electrons. The van der Waals surface area contributed by atoms with Crippen LogP contribution < -0.4 is 10.6 Å². The van der Waals surface area contributed by atoms with Gasteiger partial charge in [0.15, 0.2) is 0 Å². The van der Waals surface area contributed by atoms with Crippen molar-refractivity contribution in [2.45, 2.75) is 33.3 Å². The number of rotatable bonds is 6. The molecule has 0 aliphatic carbocycles. The summed E-state index contributed by atoms with van der Waals surface area (Å²) < 4.78 is 5.20. The lowest BCUT2D eigenvalue weighted by Gasteiger charge is -2.13. The number of amides is 1. The molecular formula is C18H22N2O4. The quantitative estimate of drug-likeness (QED) is 0.611. The van der Waals surface area contributed by atoms with Crippen molar-refractivity contribution in [3.05, 3.63) is 59.2 Å². The van der Waals surface area contributed by atoms with Crippen LogP contribution >= 0.6 is 0 Å². The fourth-order valence-corrected chi connectivity index (χ4v) is 2.12. The van der Waals surface area contributed by atoms with Crippen molar-refractivity contribution in [1.82, 2.24) is 0 Å². The third-order valence-corrected chi connectivity index (χ3v) is 3.43. The summed E-state index contributed by atoms with van der Waals surface area (Å²) in [6, 6.07) is 12.6. The van der Waals surface area contributed by atoms with E-state index in [9.17, 15) is 9.90 Å². The molecule has 0 aliphatic heterocycles. The molecule has 24 heavy (non-hydrogen) atoms. The van der Waals surface area contributed by atoms with Gasteiger partial charge in [0.05, 0.1) is 6.61 Å². The Bertz CT molecular complexity index is 684. The van der Waals surface area contributed by atoms with Gasteiger partial charge in [-0.25, -0.2) is 4.79 Å². The number of carbonyl (C=O) groups is 1. The van der Waals surface area contributed by atoms with Crippen molar-refractivity contribution in [2.75, 3.05) is 10.6 Å². The normalized spacial score (nSPS) is 11.7. The Morgan fingerprint density at radius 3 is 2.46 bits per heavy atom. The topological polar surface area (TPSA) is 90.8 Å². The zero-order valence-corrected chi connectivity index (χ0v) is 13.7. The SMILES string of the molecule is Cc1ccc(NC(C)O)cc1NC(=O)OCc1ccc(CO)cc1. The molecule has 6 heteroatoms. The largest absolute Gasteiger partial charge is 0.444 e. The van der Waals surface area contributed by atoms with Crippen LogP contribution in [0.3, 0.4) is 0 Å². The lowest BCUT2D eigenvalue weighted by Crippen LogP contribution is -2.16. The molecule has 1 amide bonds. The van der Waals surface area contributed by atoms with Gasteiger partial charge in [0.1, 0.15) is 12.8 Å². The molecule has 0 saturated heterocycles. The summed E-state index contributed by atoms with van der Waals surface area (Å²) in [4.78, 5) is 12.0. The van der Waals surface area contributed by atoms with Crippen molar-refractivity contribution in [3.63, 3.8) is 0 Å². The van der Waals surface area contributed by atoms with E-state index in [1.807, 2.05) is 19.1 Å². The molecule has 2 aromatic rings. The minimum atomic E-state index is -0.686. The number of ether oxygens (including phenoxy) is 1. The van der Waals surface area contributed by atoms with Gasteiger partial charge in [0.2, 0.25) is 0 Å². The van der Waals surface area contributed by atoms with Crippen molar-refractivity contribution in [1.29, 1.82) is 0 Å². The first-order chi connectivity index (χ1) is 11.5. The van der Waals surface area contributed by atoms with Gasteiger partial charge >= 0.3 is 6.09 Å². The van der Waals surface area contributed by atoms with Gasteiger partial charge in [-0.05, 0) is 42.7 Å². The molecule has 0 spiro atoms.